The molecule has 2 aromatic carbocycles. The molecule has 4 N–H and O–H groups in total. The van der Waals surface area contributed by atoms with Crippen molar-refractivity contribution in [2.45, 2.75) is 0 Å². The lowest BCUT2D eigenvalue weighted by Crippen LogP contribution is -2.16. The number of nitrogen functional groups attached to an aromatic ring is 1. The zero-order valence-electron chi connectivity index (χ0n) is 11.1. The van der Waals surface area contributed by atoms with Crippen LogP contribution in [0, 0.1) is 0 Å². The molecular weight excluding hydrogens is 266 g/mol. The Labute approximate surface area is 121 Å². The number of rotatable bonds is 3. The van der Waals surface area contributed by atoms with E-state index in [0.717, 1.165) is 10.8 Å². The molecule has 3 aromatic rings. The van der Waals surface area contributed by atoms with Crippen LogP contribution in [0.5, 0.6) is 0 Å². The molecule has 1 heterocycles. The number of carbonyl (C=O) groups excluding carboxylic acids is 1. The molecule has 0 bridgehead atoms. The van der Waals surface area contributed by atoms with Gasteiger partial charge >= 0.3 is 0 Å². The molecule has 0 atom stereocenters. The van der Waals surface area contributed by atoms with Gasteiger partial charge in [0.05, 0.1) is 0 Å². The maximum absolute atomic E-state index is 12.1. The maximum atomic E-state index is 12.1. The molecule has 0 aliphatic carbocycles. The van der Waals surface area contributed by atoms with Crippen molar-refractivity contribution in [1.82, 2.24) is 10.2 Å². The van der Waals surface area contributed by atoms with Crippen LogP contribution < -0.4 is 16.6 Å². The summed E-state index contributed by atoms with van der Waals surface area (Å²) in [6, 6.07) is 16.8. The second-order valence-corrected chi connectivity index (χ2v) is 4.46. The van der Waals surface area contributed by atoms with Crippen molar-refractivity contribution in [2.24, 2.45) is 5.84 Å². The van der Waals surface area contributed by atoms with Gasteiger partial charge in [-0.2, -0.15) is 0 Å². The summed E-state index contributed by atoms with van der Waals surface area (Å²) in [5, 5.41) is 12.5. The van der Waals surface area contributed by atoms with Crippen molar-refractivity contribution in [1.29, 1.82) is 0 Å². The van der Waals surface area contributed by atoms with E-state index in [9.17, 15) is 4.79 Å². The van der Waals surface area contributed by atoms with Crippen LogP contribution in [0.3, 0.4) is 0 Å². The van der Waals surface area contributed by atoms with Crippen molar-refractivity contribution in [3.8, 4) is 0 Å². The Morgan fingerprint density at radius 3 is 2.48 bits per heavy atom. The van der Waals surface area contributed by atoms with Gasteiger partial charge in [0.15, 0.2) is 11.5 Å². The zero-order valence-corrected chi connectivity index (χ0v) is 11.1. The van der Waals surface area contributed by atoms with E-state index < -0.39 is 0 Å². The monoisotopic (exact) mass is 279 g/mol. The third-order valence-corrected chi connectivity index (χ3v) is 3.05. The summed E-state index contributed by atoms with van der Waals surface area (Å²) >= 11 is 0. The van der Waals surface area contributed by atoms with Crippen molar-refractivity contribution in [3.05, 3.63) is 60.3 Å². The van der Waals surface area contributed by atoms with Gasteiger partial charge in [0.25, 0.3) is 5.91 Å². The number of hydrogen-bond donors (Lipinski definition) is 3. The maximum Gasteiger partial charge on any atom is 0.276 e. The summed E-state index contributed by atoms with van der Waals surface area (Å²) in [4.78, 5) is 12.1. The van der Waals surface area contributed by atoms with E-state index in [1.54, 1.807) is 12.1 Å². The van der Waals surface area contributed by atoms with Crippen LogP contribution in [0.4, 0.5) is 11.5 Å². The van der Waals surface area contributed by atoms with Crippen LogP contribution in [0.1, 0.15) is 10.5 Å². The number of nitrogens with zero attached hydrogens (tertiary/aromatic N) is 2. The number of fused-ring (bicyclic) bond motifs is 1. The molecule has 3 rings (SSSR count). The minimum absolute atomic E-state index is 0.224. The van der Waals surface area contributed by atoms with Crippen LogP contribution >= 0.6 is 0 Å². The lowest BCUT2D eigenvalue weighted by molar-refractivity contribution is 0.102. The Kier molecular flexibility index (Phi) is 3.44. The quantitative estimate of drug-likeness (QED) is 0.504. The van der Waals surface area contributed by atoms with Crippen molar-refractivity contribution >= 4 is 28.2 Å². The molecule has 0 aliphatic rings. The number of anilines is 2. The highest BCUT2D eigenvalue weighted by molar-refractivity contribution is 6.03. The molecule has 0 saturated carbocycles. The van der Waals surface area contributed by atoms with Gasteiger partial charge in [-0.3, -0.25) is 4.79 Å². The number of amides is 1. The van der Waals surface area contributed by atoms with Gasteiger partial charge in [0.1, 0.15) is 0 Å². The highest BCUT2D eigenvalue weighted by atomic mass is 16.1. The minimum Gasteiger partial charge on any atom is -0.321 e. The van der Waals surface area contributed by atoms with Crippen LogP contribution in [0.15, 0.2) is 54.6 Å². The number of nitrogens with one attached hydrogen (secondary N) is 2. The SMILES string of the molecule is NNc1ccc(C(=O)Nc2ccc3ccccc3c2)nn1. The van der Waals surface area contributed by atoms with Gasteiger partial charge < -0.3 is 10.7 Å². The van der Waals surface area contributed by atoms with Gasteiger partial charge in [-0.15, -0.1) is 10.2 Å². The fourth-order valence-corrected chi connectivity index (χ4v) is 1.99. The molecule has 6 heteroatoms. The molecular formula is C15H13N5O. The highest BCUT2D eigenvalue weighted by Gasteiger charge is 2.08. The summed E-state index contributed by atoms with van der Waals surface area (Å²) in [5.41, 5.74) is 3.29. The normalized spacial score (nSPS) is 10.3. The third kappa shape index (κ3) is 2.80. The van der Waals surface area contributed by atoms with Gasteiger partial charge in [-0.25, -0.2) is 5.84 Å². The molecule has 0 aliphatic heterocycles. The number of carbonyl (C=O) groups is 1. The predicted molar refractivity (Wildman–Crippen MR) is 81.7 cm³/mol. The molecule has 6 nitrogen and oxygen atoms in total. The third-order valence-electron chi connectivity index (χ3n) is 3.05. The summed E-state index contributed by atoms with van der Waals surface area (Å²) in [5.74, 6) is 5.28. The summed E-state index contributed by atoms with van der Waals surface area (Å²) in [6.45, 7) is 0. The molecule has 1 amide bonds. The fourth-order valence-electron chi connectivity index (χ4n) is 1.99. The van der Waals surface area contributed by atoms with Crippen LogP contribution in [-0.4, -0.2) is 16.1 Å². The van der Waals surface area contributed by atoms with E-state index >= 15 is 0 Å². The predicted octanol–water partition coefficient (Wildman–Crippen LogP) is 2.17. The number of nitrogens with two attached hydrogens (primary N) is 1. The van der Waals surface area contributed by atoms with E-state index in [1.807, 2.05) is 42.5 Å². The molecule has 0 fully saturated rings. The number of benzene rings is 2. The lowest BCUT2D eigenvalue weighted by atomic mass is 10.1. The fraction of sp³-hybridized carbons (Fsp3) is 0. The van der Waals surface area contributed by atoms with Crippen molar-refractivity contribution in [2.75, 3.05) is 10.7 Å². The van der Waals surface area contributed by atoms with Crippen molar-refractivity contribution < 1.29 is 4.79 Å². The largest absolute Gasteiger partial charge is 0.321 e. The average Bonchev–Trinajstić information content (AvgIpc) is 2.55. The number of hydrogen-bond acceptors (Lipinski definition) is 5. The van der Waals surface area contributed by atoms with E-state index in [0.29, 0.717) is 11.5 Å². The van der Waals surface area contributed by atoms with E-state index in [-0.39, 0.29) is 11.6 Å². The van der Waals surface area contributed by atoms with E-state index in [1.165, 1.54) is 0 Å². The number of hydrazine groups is 1. The van der Waals surface area contributed by atoms with Gasteiger partial charge in [-0.1, -0.05) is 30.3 Å². The lowest BCUT2D eigenvalue weighted by Gasteiger charge is -2.06. The molecule has 104 valence electrons. The first-order chi connectivity index (χ1) is 10.3. The van der Waals surface area contributed by atoms with E-state index in [2.05, 4.69) is 20.9 Å². The van der Waals surface area contributed by atoms with Crippen molar-refractivity contribution in [3.63, 3.8) is 0 Å². The topological polar surface area (TPSA) is 92.9 Å². The highest BCUT2D eigenvalue weighted by Crippen LogP contribution is 2.19. The van der Waals surface area contributed by atoms with Crippen LogP contribution in [0.25, 0.3) is 10.8 Å². The Bertz CT molecular complexity index is 785. The van der Waals surface area contributed by atoms with Gasteiger partial charge in [0, 0.05) is 5.69 Å². The van der Waals surface area contributed by atoms with Gasteiger partial charge in [0.2, 0.25) is 0 Å². The second-order valence-electron chi connectivity index (χ2n) is 4.46. The molecule has 0 spiro atoms. The molecule has 21 heavy (non-hydrogen) atoms. The number of aromatic nitrogens is 2. The van der Waals surface area contributed by atoms with Gasteiger partial charge in [-0.05, 0) is 35.0 Å². The first-order valence-electron chi connectivity index (χ1n) is 6.37. The summed E-state index contributed by atoms with van der Waals surface area (Å²) in [7, 11) is 0. The standard InChI is InChI=1S/C15H13N5O/c16-18-14-8-7-13(19-20-14)15(21)17-12-6-5-10-3-1-2-4-11(10)9-12/h1-9H,16H2,(H,17,21)(H,18,20). The minimum atomic E-state index is -0.318. The molecule has 0 radical (unpaired) electrons. The average molecular weight is 279 g/mol. The van der Waals surface area contributed by atoms with E-state index in [4.69, 9.17) is 5.84 Å². The second kappa shape index (κ2) is 5.56. The first-order valence-corrected chi connectivity index (χ1v) is 6.37. The summed E-state index contributed by atoms with van der Waals surface area (Å²) in [6.07, 6.45) is 0. The van der Waals surface area contributed by atoms with Crippen LogP contribution in [-0.2, 0) is 0 Å². The molecule has 0 unspecified atom stereocenters. The Hall–Kier alpha value is -2.99. The first kappa shape index (κ1) is 13.0. The Balaban J connectivity index is 1.81. The van der Waals surface area contributed by atoms with Crippen LogP contribution in [0.2, 0.25) is 0 Å². The molecule has 1 aromatic heterocycles. The zero-order chi connectivity index (χ0) is 14.7. The summed E-state index contributed by atoms with van der Waals surface area (Å²) < 4.78 is 0. The smallest absolute Gasteiger partial charge is 0.276 e. The molecule has 0 saturated heterocycles. The Morgan fingerprint density at radius 2 is 1.76 bits per heavy atom. The Morgan fingerprint density at radius 1 is 0.952 bits per heavy atom.